The molecule has 16 heavy (non-hydrogen) atoms. The van der Waals surface area contributed by atoms with Crippen LogP contribution in [0.5, 0.6) is 0 Å². The highest BCUT2D eigenvalue weighted by atomic mass is 32.1. The van der Waals surface area contributed by atoms with Gasteiger partial charge in [0.15, 0.2) is 6.10 Å². The number of aliphatic hydroxyl groups excluding tert-OH is 1. The van der Waals surface area contributed by atoms with Gasteiger partial charge in [-0.15, -0.1) is 12.6 Å². The number of carboxylic acid groups (broad SMARTS) is 1. The third kappa shape index (κ3) is 3.08. The van der Waals surface area contributed by atoms with E-state index in [-0.39, 0.29) is 17.8 Å². The average Bonchev–Trinajstić information content (AvgIpc) is 2.15. The van der Waals surface area contributed by atoms with Crippen molar-refractivity contribution in [3.63, 3.8) is 0 Å². The van der Waals surface area contributed by atoms with E-state index in [1.807, 2.05) is 0 Å². The average molecular weight is 240 g/mol. The number of benzene rings is 1. The highest BCUT2D eigenvalue weighted by Gasteiger charge is 2.18. The van der Waals surface area contributed by atoms with Crippen molar-refractivity contribution in [2.24, 2.45) is 0 Å². The number of carboxylic acids is 1. The van der Waals surface area contributed by atoms with Gasteiger partial charge in [-0.05, 0) is 18.6 Å². The quantitative estimate of drug-likeness (QED) is 0.692. The summed E-state index contributed by atoms with van der Waals surface area (Å²) in [5, 5.41) is 18.0. The number of thiol groups is 1. The largest absolute Gasteiger partial charge is 0.479 e. The van der Waals surface area contributed by atoms with Gasteiger partial charge in [-0.3, -0.25) is 4.79 Å². The number of aliphatic carboxylic acids is 1. The van der Waals surface area contributed by atoms with E-state index in [1.54, 1.807) is 12.1 Å². The zero-order valence-corrected chi connectivity index (χ0v) is 9.57. The summed E-state index contributed by atoms with van der Waals surface area (Å²) in [7, 11) is 0. The molecule has 1 rings (SSSR count). The summed E-state index contributed by atoms with van der Waals surface area (Å²) >= 11 is 4.09. The third-order valence-corrected chi connectivity index (χ3v) is 2.46. The van der Waals surface area contributed by atoms with E-state index in [0.29, 0.717) is 4.90 Å². The number of aliphatic hydroxyl groups is 1. The summed E-state index contributed by atoms with van der Waals surface area (Å²) in [5.41, 5.74) is 0.974. The zero-order chi connectivity index (χ0) is 12.3. The lowest BCUT2D eigenvalue weighted by Gasteiger charge is -2.10. The van der Waals surface area contributed by atoms with Gasteiger partial charge in [0.25, 0.3) is 0 Å². The van der Waals surface area contributed by atoms with Gasteiger partial charge in [0.1, 0.15) is 5.78 Å². The molecule has 1 unspecified atom stereocenters. The molecule has 4 nitrogen and oxygen atoms in total. The minimum absolute atomic E-state index is 0.0132. The molecule has 2 N–H and O–H groups in total. The molecular formula is C11H12O4S. The molecule has 86 valence electrons. The molecule has 0 aliphatic heterocycles. The smallest absolute Gasteiger partial charge is 0.337 e. The summed E-state index contributed by atoms with van der Waals surface area (Å²) in [4.78, 5) is 21.8. The van der Waals surface area contributed by atoms with Crippen molar-refractivity contribution >= 4 is 24.4 Å². The van der Waals surface area contributed by atoms with Gasteiger partial charge < -0.3 is 10.2 Å². The van der Waals surface area contributed by atoms with Crippen LogP contribution in [0.1, 0.15) is 24.2 Å². The van der Waals surface area contributed by atoms with Crippen molar-refractivity contribution in [3.05, 3.63) is 29.3 Å². The van der Waals surface area contributed by atoms with Crippen LogP contribution in [0.3, 0.4) is 0 Å². The van der Waals surface area contributed by atoms with E-state index in [4.69, 9.17) is 5.11 Å². The van der Waals surface area contributed by atoms with Gasteiger partial charge in [0.2, 0.25) is 0 Å². The fraction of sp³-hybridized carbons (Fsp3) is 0.273. The van der Waals surface area contributed by atoms with Crippen LogP contribution in [0.4, 0.5) is 0 Å². The summed E-state index contributed by atoms with van der Waals surface area (Å²) in [6.07, 6.45) is -1.31. The second-order valence-electron chi connectivity index (χ2n) is 3.51. The Balaban J connectivity index is 3.00. The molecule has 0 aromatic heterocycles. The Labute approximate surface area is 98.3 Å². The number of hydrogen-bond donors (Lipinski definition) is 3. The highest BCUT2D eigenvalue weighted by Crippen LogP contribution is 2.23. The summed E-state index contributed by atoms with van der Waals surface area (Å²) in [6.45, 7) is 1.47. The van der Waals surface area contributed by atoms with E-state index in [1.165, 1.54) is 13.0 Å². The van der Waals surface area contributed by atoms with Crippen LogP contribution in [0.15, 0.2) is 23.1 Å². The van der Waals surface area contributed by atoms with Crippen molar-refractivity contribution in [1.82, 2.24) is 0 Å². The van der Waals surface area contributed by atoms with Crippen molar-refractivity contribution in [2.75, 3.05) is 0 Å². The van der Waals surface area contributed by atoms with Crippen LogP contribution in [-0.2, 0) is 16.0 Å². The molecule has 0 heterocycles. The normalized spacial score (nSPS) is 12.2. The van der Waals surface area contributed by atoms with Gasteiger partial charge in [0.05, 0.1) is 0 Å². The SMILES string of the molecule is CC(=O)Cc1ccc(C(O)C(=O)O)c(S)c1. The number of carbonyl (C=O) groups is 2. The molecule has 0 saturated heterocycles. The van der Waals surface area contributed by atoms with Gasteiger partial charge in [-0.1, -0.05) is 12.1 Å². The molecule has 1 aromatic rings. The Morgan fingerprint density at radius 3 is 2.50 bits per heavy atom. The second kappa shape index (κ2) is 5.14. The predicted octanol–water partition coefficient (Wildman–Crippen LogP) is 1.22. The van der Waals surface area contributed by atoms with Gasteiger partial charge >= 0.3 is 5.97 Å². The molecule has 5 heteroatoms. The maximum absolute atomic E-state index is 10.9. The first kappa shape index (κ1) is 12.7. The van der Waals surface area contributed by atoms with E-state index < -0.39 is 12.1 Å². The molecule has 0 spiro atoms. The van der Waals surface area contributed by atoms with Crippen molar-refractivity contribution in [2.45, 2.75) is 24.3 Å². The standard InChI is InChI=1S/C11H12O4S/c1-6(12)4-7-2-3-8(9(16)5-7)10(13)11(14)15/h2-3,5,10,13,16H,4H2,1H3,(H,14,15). The number of hydrogen-bond acceptors (Lipinski definition) is 4. The topological polar surface area (TPSA) is 74.6 Å². The first-order valence-electron chi connectivity index (χ1n) is 4.64. The van der Waals surface area contributed by atoms with Gasteiger partial charge in [0, 0.05) is 16.9 Å². The number of ketones is 1. The Bertz CT molecular complexity index is 428. The van der Waals surface area contributed by atoms with Crippen molar-refractivity contribution in [3.8, 4) is 0 Å². The molecule has 0 saturated carbocycles. The highest BCUT2D eigenvalue weighted by molar-refractivity contribution is 7.80. The summed E-state index contributed by atoms with van der Waals surface area (Å²) < 4.78 is 0. The minimum Gasteiger partial charge on any atom is -0.479 e. The van der Waals surface area contributed by atoms with Crippen LogP contribution < -0.4 is 0 Å². The monoisotopic (exact) mass is 240 g/mol. The second-order valence-corrected chi connectivity index (χ2v) is 3.99. The first-order valence-corrected chi connectivity index (χ1v) is 5.08. The summed E-state index contributed by atoms with van der Waals surface area (Å²) in [6, 6.07) is 4.67. The lowest BCUT2D eigenvalue weighted by Crippen LogP contribution is -2.11. The van der Waals surface area contributed by atoms with E-state index in [0.717, 1.165) is 5.56 Å². The van der Waals surface area contributed by atoms with Gasteiger partial charge in [-0.25, -0.2) is 4.79 Å². The maximum Gasteiger partial charge on any atom is 0.337 e. The van der Waals surface area contributed by atoms with Crippen molar-refractivity contribution < 1.29 is 19.8 Å². The molecule has 1 atom stereocenters. The number of Topliss-reactive ketones (excluding diaryl/α,β-unsaturated/α-hetero) is 1. The molecule has 0 aliphatic carbocycles. The lowest BCUT2D eigenvalue weighted by atomic mass is 10.0. The fourth-order valence-corrected chi connectivity index (χ4v) is 1.71. The molecule has 0 radical (unpaired) electrons. The molecule has 1 aromatic carbocycles. The maximum atomic E-state index is 10.9. The van der Waals surface area contributed by atoms with Gasteiger partial charge in [-0.2, -0.15) is 0 Å². The lowest BCUT2D eigenvalue weighted by molar-refractivity contribution is -0.147. The molecule has 0 amide bonds. The Kier molecular flexibility index (Phi) is 4.09. The van der Waals surface area contributed by atoms with E-state index >= 15 is 0 Å². The molecular weight excluding hydrogens is 228 g/mol. The molecule has 0 bridgehead atoms. The summed E-state index contributed by atoms with van der Waals surface area (Å²) in [5.74, 6) is -1.31. The third-order valence-electron chi connectivity index (χ3n) is 2.08. The van der Waals surface area contributed by atoms with Crippen molar-refractivity contribution in [1.29, 1.82) is 0 Å². The Hall–Kier alpha value is -1.33. The first-order chi connectivity index (χ1) is 7.41. The zero-order valence-electron chi connectivity index (χ0n) is 8.67. The Morgan fingerprint density at radius 1 is 1.44 bits per heavy atom. The molecule has 0 aliphatic rings. The van der Waals surface area contributed by atoms with Crippen LogP contribution >= 0.6 is 12.6 Å². The number of rotatable bonds is 4. The van der Waals surface area contributed by atoms with Crippen LogP contribution in [0.2, 0.25) is 0 Å². The Morgan fingerprint density at radius 2 is 2.06 bits per heavy atom. The molecule has 0 fully saturated rings. The number of carbonyl (C=O) groups excluding carboxylic acids is 1. The van der Waals surface area contributed by atoms with E-state index in [2.05, 4.69) is 12.6 Å². The van der Waals surface area contributed by atoms with Crippen LogP contribution in [0, 0.1) is 0 Å². The van der Waals surface area contributed by atoms with E-state index in [9.17, 15) is 14.7 Å². The predicted molar refractivity (Wildman–Crippen MR) is 60.7 cm³/mol. The fourth-order valence-electron chi connectivity index (χ4n) is 1.35. The van der Waals surface area contributed by atoms with Crippen LogP contribution in [-0.4, -0.2) is 22.0 Å². The minimum atomic E-state index is -1.58. The van der Waals surface area contributed by atoms with Crippen LogP contribution in [0.25, 0.3) is 0 Å².